The molecule has 2 aromatic carbocycles. The first-order valence-corrected chi connectivity index (χ1v) is 7.06. The second kappa shape index (κ2) is 7.11. The van der Waals surface area contributed by atoms with E-state index in [1.807, 2.05) is 42.5 Å². The first-order chi connectivity index (χ1) is 10.2. The summed E-state index contributed by atoms with van der Waals surface area (Å²) in [6.07, 6.45) is 0.609. The summed E-state index contributed by atoms with van der Waals surface area (Å²) < 4.78 is 5.45. The molecule has 3 aromatic rings. The third-order valence-corrected chi connectivity index (χ3v) is 3.63. The van der Waals surface area contributed by atoms with E-state index >= 15 is 0 Å². The summed E-state index contributed by atoms with van der Waals surface area (Å²) in [7, 11) is 0. The molecule has 1 heterocycles. The van der Waals surface area contributed by atoms with Crippen LogP contribution in [0.25, 0.3) is 22.2 Å². The number of hydrogen-bond donors (Lipinski definition) is 2. The van der Waals surface area contributed by atoms with Gasteiger partial charge in [0.1, 0.15) is 5.52 Å². The van der Waals surface area contributed by atoms with Crippen LogP contribution in [0.3, 0.4) is 0 Å². The van der Waals surface area contributed by atoms with Gasteiger partial charge in [0.25, 0.3) is 0 Å². The van der Waals surface area contributed by atoms with Crippen LogP contribution in [0.1, 0.15) is 5.56 Å². The lowest BCUT2D eigenvalue weighted by molar-refractivity contribution is 0.265. The van der Waals surface area contributed by atoms with Crippen molar-refractivity contribution in [3.8, 4) is 11.3 Å². The van der Waals surface area contributed by atoms with E-state index in [0.717, 1.165) is 22.0 Å². The van der Waals surface area contributed by atoms with Gasteiger partial charge in [-0.2, -0.15) is 0 Å². The predicted molar refractivity (Wildman–Crippen MR) is 90.5 cm³/mol. The van der Waals surface area contributed by atoms with Crippen LogP contribution in [0.15, 0.2) is 47.0 Å². The van der Waals surface area contributed by atoms with Crippen molar-refractivity contribution in [3.05, 3.63) is 53.1 Å². The maximum Gasteiger partial charge on any atom is 0.174 e. The number of nitrogens with zero attached hydrogens (tertiary/aromatic N) is 1. The molecule has 0 spiro atoms. The third kappa shape index (κ3) is 3.42. The second-order valence-corrected chi connectivity index (χ2v) is 5.45. The summed E-state index contributed by atoms with van der Waals surface area (Å²) in [4.78, 5) is 0. The predicted octanol–water partition coefficient (Wildman–Crippen LogP) is 3.43. The van der Waals surface area contributed by atoms with Crippen LogP contribution < -0.4 is 5.73 Å². The highest BCUT2D eigenvalue weighted by Gasteiger charge is 2.12. The van der Waals surface area contributed by atoms with Crippen molar-refractivity contribution in [1.29, 1.82) is 0 Å². The molecule has 0 radical (unpaired) electrons. The molecule has 0 bridgehead atoms. The van der Waals surface area contributed by atoms with Gasteiger partial charge in [-0.3, -0.25) is 0 Å². The Morgan fingerprint density at radius 3 is 2.59 bits per heavy atom. The van der Waals surface area contributed by atoms with Crippen molar-refractivity contribution in [1.82, 2.24) is 5.16 Å². The first-order valence-electron chi connectivity index (χ1n) is 6.68. The van der Waals surface area contributed by atoms with E-state index in [-0.39, 0.29) is 25.1 Å². The number of halogens is 2. The molecule has 0 aliphatic rings. The van der Waals surface area contributed by atoms with E-state index in [9.17, 15) is 0 Å². The zero-order chi connectivity index (χ0) is 14.8. The van der Waals surface area contributed by atoms with Crippen LogP contribution in [0.4, 0.5) is 0 Å². The molecule has 4 nitrogen and oxygen atoms in total. The average molecular weight is 339 g/mol. The van der Waals surface area contributed by atoms with E-state index in [1.165, 1.54) is 0 Å². The lowest BCUT2D eigenvalue weighted by Gasteiger charge is -2.07. The minimum atomic E-state index is -0.263. The van der Waals surface area contributed by atoms with Gasteiger partial charge < -0.3 is 15.4 Å². The monoisotopic (exact) mass is 338 g/mol. The smallest absolute Gasteiger partial charge is 0.174 e. The molecule has 0 amide bonds. The van der Waals surface area contributed by atoms with Crippen molar-refractivity contribution in [3.63, 3.8) is 0 Å². The maximum atomic E-state index is 9.06. The molecule has 0 saturated carbocycles. The largest absolute Gasteiger partial charge is 0.395 e. The highest BCUT2D eigenvalue weighted by atomic mass is 35.5. The van der Waals surface area contributed by atoms with Crippen molar-refractivity contribution in [2.24, 2.45) is 5.73 Å². The van der Waals surface area contributed by atoms with E-state index in [4.69, 9.17) is 27.0 Å². The number of nitrogens with two attached hydrogens (primary N) is 1. The molecule has 3 rings (SSSR count). The molecule has 0 aliphatic heterocycles. The van der Waals surface area contributed by atoms with Crippen molar-refractivity contribution < 1.29 is 9.63 Å². The van der Waals surface area contributed by atoms with Crippen molar-refractivity contribution in [2.45, 2.75) is 12.5 Å². The van der Waals surface area contributed by atoms with Gasteiger partial charge >= 0.3 is 0 Å². The number of aromatic nitrogens is 1. The van der Waals surface area contributed by atoms with Gasteiger partial charge in [-0.15, -0.1) is 12.4 Å². The van der Waals surface area contributed by atoms with Crippen molar-refractivity contribution in [2.75, 3.05) is 6.61 Å². The first kappa shape index (κ1) is 16.8. The third-order valence-electron chi connectivity index (χ3n) is 3.38. The Morgan fingerprint density at radius 2 is 1.91 bits per heavy atom. The number of fused-ring (bicyclic) bond motifs is 1. The molecule has 6 heteroatoms. The van der Waals surface area contributed by atoms with Crippen LogP contribution in [0.2, 0.25) is 5.02 Å². The van der Waals surface area contributed by atoms with Gasteiger partial charge in [0.2, 0.25) is 0 Å². The number of aliphatic hydroxyl groups is 1. The topological polar surface area (TPSA) is 72.3 Å². The van der Waals surface area contributed by atoms with Gasteiger partial charge in [-0.1, -0.05) is 22.8 Å². The summed E-state index contributed by atoms with van der Waals surface area (Å²) in [6, 6.07) is 13.0. The molecule has 3 N–H and O–H groups in total. The summed E-state index contributed by atoms with van der Waals surface area (Å²) in [5.41, 5.74) is 8.55. The van der Waals surface area contributed by atoms with Gasteiger partial charge in [0.15, 0.2) is 5.76 Å². The summed E-state index contributed by atoms with van der Waals surface area (Å²) in [5.74, 6) is 0.709. The molecule has 0 aliphatic carbocycles. The zero-order valence-electron chi connectivity index (χ0n) is 11.7. The Morgan fingerprint density at radius 1 is 1.18 bits per heavy atom. The fourth-order valence-corrected chi connectivity index (χ4v) is 2.42. The Kier molecular flexibility index (Phi) is 5.42. The molecule has 1 aromatic heterocycles. The van der Waals surface area contributed by atoms with Gasteiger partial charge in [-0.05, 0) is 48.4 Å². The molecule has 22 heavy (non-hydrogen) atoms. The number of aliphatic hydroxyl groups excluding tert-OH is 1. The maximum absolute atomic E-state index is 9.06. The fourth-order valence-electron chi connectivity index (χ4n) is 2.29. The van der Waals surface area contributed by atoms with Crippen LogP contribution >= 0.6 is 24.0 Å². The minimum Gasteiger partial charge on any atom is -0.395 e. The Hall–Kier alpha value is -1.59. The van der Waals surface area contributed by atoms with Crippen molar-refractivity contribution >= 4 is 34.9 Å². The van der Waals surface area contributed by atoms with E-state index < -0.39 is 0 Å². The molecule has 0 fully saturated rings. The molecule has 1 unspecified atom stereocenters. The zero-order valence-corrected chi connectivity index (χ0v) is 13.3. The number of rotatable bonds is 4. The SMILES string of the molecule is Cl.NC(CO)Cc1ccc2noc(-c3ccc(Cl)cc3)c2c1. The highest BCUT2D eigenvalue weighted by molar-refractivity contribution is 6.30. The van der Waals surface area contributed by atoms with E-state index in [2.05, 4.69) is 5.16 Å². The number of hydrogen-bond acceptors (Lipinski definition) is 4. The molecular formula is C16H16Cl2N2O2. The highest BCUT2D eigenvalue weighted by Crippen LogP contribution is 2.30. The molecular weight excluding hydrogens is 323 g/mol. The quantitative estimate of drug-likeness (QED) is 0.764. The van der Waals surface area contributed by atoms with Gasteiger partial charge in [0.05, 0.1) is 6.61 Å². The molecule has 1 atom stereocenters. The summed E-state index contributed by atoms with van der Waals surface area (Å²) in [6.45, 7) is -0.0360. The van der Waals surface area contributed by atoms with Crippen LogP contribution in [-0.4, -0.2) is 22.9 Å². The Labute approximate surface area is 139 Å². The van der Waals surface area contributed by atoms with Crippen LogP contribution in [0.5, 0.6) is 0 Å². The Balaban J connectivity index is 0.00000176. The molecule has 116 valence electrons. The van der Waals surface area contributed by atoms with Crippen LogP contribution in [0, 0.1) is 0 Å². The molecule has 0 saturated heterocycles. The normalized spacial score (nSPS) is 12.1. The second-order valence-electron chi connectivity index (χ2n) is 5.02. The van der Waals surface area contributed by atoms with Crippen LogP contribution in [-0.2, 0) is 6.42 Å². The standard InChI is InChI=1S/C16H15ClN2O2.ClH/c17-12-4-2-11(3-5-12)16-14-8-10(7-13(18)9-20)1-6-15(14)19-21-16;/h1-6,8,13,20H,7,9,18H2;1H. The van der Waals surface area contributed by atoms with E-state index in [1.54, 1.807) is 0 Å². The lowest BCUT2D eigenvalue weighted by atomic mass is 10.0. The fraction of sp³-hybridized carbons (Fsp3) is 0.188. The number of benzene rings is 2. The average Bonchev–Trinajstić information content (AvgIpc) is 2.91. The minimum absolute atomic E-state index is 0. The summed E-state index contributed by atoms with van der Waals surface area (Å²) >= 11 is 5.91. The summed E-state index contributed by atoms with van der Waals surface area (Å²) in [5, 5.41) is 14.7. The van der Waals surface area contributed by atoms with Gasteiger partial charge in [-0.25, -0.2) is 0 Å². The Bertz CT molecular complexity index is 756. The lowest BCUT2D eigenvalue weighted by Crippen LogP contribution is -2.26. The van der Waals surface area contributed by atoms with E-state index in [0.29, 0.717) is 17.2 Å². The van der Waals surface area contributed by atoms with Gasteiger partial charge in [0, 0.05) is 22.0 Å².